The summed E-state index contributed by atoms with van der Waals surface area (Å²) in [5.74, 6) is -0.165. The number of piperazine rings is 1. The molecule has 1 saturated heterocycles. The van der Waals surface area contributed by atoms with E-state index in [4.69, 9.17) is 26.3 Å². The van der Waals surface area contributed by atoms with Gasteiger partial charge in [0.2, 0.25) is 0 Å². The molecule has 4 heterocycles. The molecule has 1 saturated carbocycles. The summed E-state index contributed by atoms with van der Waals surface area (Å²) >= 11 is 5.97. The topological polar surface area (TPSA) is 78.9 Å². The fourth-order valence-corrected chi connectivity index (χ4v) is 7.34. The molecule has 8 nitrogen and oxygen atoms in total. The summed E-state index contributed by atoms with van der Waals surface area (Å²) < 4.78 is 19.3. The van der Waals surface area contributed by atoms with Gasteiger partial charge >= 0.3 is 5.97 Å². The smallest absolute Gasteiger partial charge is 0.339 e. The molecule has 2 fully saturated rings. The van der Waals surface area contributed by atoms with Crippen LogP contribution in [0.15, 0.2) is 36.4 Å². The number of ether oxygens (including phenoxy) is 1. The fourth-order valence-electron chi connectivity index (χ4n) is 7.22. The van der Waals surface area contributed by atoms with Crippen LogP contribution in [-0.4, -0.2) is 65.6 Å². The van der Waals surface area contributed by atoms with E-state index in [1.807, 2.05) is 36.9 Å². The second kappa shape index (κ2) is 10.8. The van der Waals surface area contributed by atoms with Crippen LogP contribution in [0.5, 0.6) is 0 Å². The summed E-state index contributed by atoms with van der Waals surface area (Å²) in [7, 11) is 1.37. The Morgan fingerprint density at radius 1 is 1.00 bits per heavy atom. The Labute approximate surface area is 256 Å². The molecular weight excluding hydrogens is 569 g/mol. The van der Waals surface area contributed by atoms with Crippen LogP contribution in [0, 0.1) is 19.7 Å². The second-order valence-corrected chi connectivity index (χ2v) is 13.1. The largest absolute Gasteiger partial charge is 0.465 e. The Morgan fingerprint density at radius 3 is 2.40 bits per heavy atom. The van der Waals surface area contributed by atoms with Crippen LogP contribution in [0.4, 0.5) is 21.6 Å². The van der Waals surface area contributed by atoms with Crippen molar-refractivity contribution in [3.05, 3.63) is 75.4 Å². The Kier molecular flexibility index (Phi) is 7.35. The van der Waals surface area contributed by atoms with Crippen molar-refractivity contribution in [1.82, 2.24) is 14.9 Å². The van der Waals surface area contributed by atoms with Gasteiger partial charge in [0.15, 0.2) is 0 Å². The maximum Gasteiger partial charge on any atom is 0.339 e. The highest BCUT2D eigenvalue weighted by molar-refractivity contribution is 6.30. The quantitative estimate of drug-likeness (QED) is 0.319. The normalized spacial score (nSPS) is 18.7. The molecule has 43 heavy (non-hydrogen) atoms. The number of aryl methyl sites for hydroxylation is 2. The lowest BCUT2D eigenvalue weighted by molar-refractivity contribution is 0.0505. The first-order chi connectivity index (χ1) is 20.4. The zero-order valence-electron chi connectivity index (χ0n) is 25.3. The van der Waals surface area contributed by atoms with Crippen molar-refractivity contribution in [2.45, 2.75) is 64.3 Å². The van der Waals surface area contributed by atoms with Crippen LogP contribution in [0.2, 0.25) is 5.02 Å². The minimum Gasteiger partial charge on any atom is -0.465 e. The molecule has 1 aliphatic carbocycles. The molecule has 226 valence electrons. The van der Waals surface area contributed by atoms with Crippen LogP contribution in [0.1, 0.15) is 77.3 Å². The van der Waals surface area contributed by atoms with Crippen LogP contribution in [0.25, 0.3) is 0 Å². The minimum absolute atomic E-state index is 0.0970. The number of nitrogens with zero attached hydrogens (tertiary/aromatic N) is 5. The van der Waals surface area contributed by atoms with E-state index >= 15 is 0 Å². The molecule has 0 radical (unpaired) electrons. The van der Waals surface area contributed by atoms with E-state index in [1.165, 1.54) is 13.2 Å². The van der Waals surface area contributed by atoms with E-state index < -0.39 is 17.3 Å². The van der Waals surface area contributed by atoms with Gasteiger partial charge in [0, 0.05) is 37.3 Å². The maximum absolute atomic E-state index is 14.4. The number of rotatable bonds is 4. The van der Waals surface area contributed by atoms with Crippen molar-refractivity contribution >= 4 is 40.7 Å². The van der Waals surface area contributed by atoms with Crippen molar-refractivity contribution in [1.29, 1.82) is 0 Å². The number of esters is 1. The molecule has 0 unspecified atom stereocenters. The lowest BCUT2D eigenvalue weighted by atomic mass is 9.84. The van der Waals surface area contributed by atoms with Crippen molar-refractivity contribution in [2.24, 2.45) is 0 Å². The molecule has 3 aliphatic rings. The Balaban J connectivity index is 1.27. The van der Waals surface area contributed by atoms with Crippen molar-refractivity contribution in [2.75, 3.05) is 43.1 Å². The van der Waals surface area contributed by atoms with Gasteiger partial charge in [0.1, 0.15) is 17.3 Å². The molecule has 6 rings (SSSR count). The first kappa shape index (κ1) is 29.4. The van der Waals surface area contributed by atoms with Crippen LogP contribution >= 0.6 is 11.6 Å². The number of carbonyl (C=O) groups is 2. The number of benzene rings is 1. The number of pyridine rings is 2. The molecule has 0 N–H and O–H groups in total. The highest BCUT2D eigenvalue weighted by Gasteiger charge is 2.47. The molecule has 0 bridgehead atoms. The number of fused-ring (bicyclic) bond motifs is 2. The average Bonchev–Trinajstić information content (AvgIpc) is 3.58. The van der Waals surface area contributed by atoms with Crippen molar-refractivity contribution in [3.63, 3.8) is 0 Å². The third kappa shape index (κ3) is 5.01. The molecule has 1 aromatic carbocycles. The van der Waals surface area contributed by atoms with Gasteiger partial charge < -0.3 is 19.4 Å². The Hall–Kier alpha value is -3.72. The number of hydrogen-bond donors (Lipinski definition) is 0. The van der Waals surface area contributed by atoms with Gasteiger partial charge in [-0.05, 0) is 82.5 Å². The highest BCUT2D eigenvalue weighted by Crippen LogP contribution is 2.52. The molecule has 2 aliphatic heterocycles. The SMILES string of the molecule is COC(=O)c1c(C)cc(N2CCN(C(=O)c3ccc4c(n3)C3(CCCC3)CN4c3ccc(Cl)c(F)c3)C(C)(C)C2)nc1C. The van der Waals surface area contributed by atoms with E-state index in [0.29, 0.717) is 43.1 Å². The molecule has 0 atom stereocenters. The summed E-state index contributed by atoms with van der Waals surface area (Å²) in [6, 6.07) is 10.6. The molecular formula is C33H37ClFN5O3. The Morgan fingerprint density at radius 2 is 1.74 bits per heavy atom. The van der Waals surface area contributed by atoms with Crippen LogP contribution in [-0.2, 0) is 10.2 Å². The van der Waals surface area contributed by atoms with Crippen molar-refractivity contribution < 1.29 is 18.7 Å². The number of amides is 1. The third-order valence-electron chi connectivity index (χ3n) is 9.37. The predicted octanol–water partition coefficient (Wildman–Crippen LogP) is 6.38. The van der Waals surface area contributed by atoms with Crippen LogP contribution in [0.3, 0.4) is 0 Å². The summed E-state index contributed by atoms with van der Waals surface area (Å²) in [5.41, 5.74) is 4.29. The maximum atomic E-state index is 14.4. The zero-order valence-corrected chi connectivity index (χ0v) is 26.1. The molecule has 2 aromatic heterocycles. The van der Waals surface area contributed by atoms with E-state index in [1.54, 1.807) is 12.1 Å². The summed E-state index contributed by atoms with van der Waals surface area (Å²) in [6.45, 7) is 10.2. The molecule has 10 heteroatoms. The van der Waals surface area contributed by atoms with E-state index in [2.05, 4.69) is 23.6 Å². The summed E-state index contributed by atoms with van der Waals surface area (Å²) in [5, 5.41) is 0.0970. The molecule has 3 aromatic rings. The van der Waals surface area contributed by atoms with E-state index in [0.717, 1.165) is 54.1 Å². The van der Waals surface area contributed by atoms with Gasteiger partial charge in [-0.25, -0.2) is 19.2 Å². The van der Waals surface area contributed by atoms with E-state index in [9.17, 15) is 14.0 Å². The lowest BCUT2D eigenvalue weighted by Gasteiger charge is -2.47. The van der Waals surface area contributed by atoms with Gasteiger partial charge in [-0.3, -0.25) is 4.79 Å². The third-order valence-corrected chi connectivity index (χ3v) is 9.67. The number of aromatic nitrogens is 2. The number of carbonyl (C=O) groups excluding carboxylic acids is 2. The first-order valence-corrected chi connectivity index (χ1v) is 15.2. The number of halogens is 2. The second-order valence-electron chi connectivity index (χ2n) is 12.7. The fraction of sp³-hybridized carbons (Fsp3) is 0.455. The highest BCUT2D eigenvalue weighted by atomic mass is 35.5. The molecule has 1 amide bonds. The number of hydrogen-bond acceptors (Lipinski definition) is 7. The minimum atomic E-state index is -0.502. The predicted molar refractivity (Wildman–Crippen MR) is 165 cm³/mol. The Bertz CT molecular complexity index is 1600. The monoisotopic (exact) mass is 605 g/mol. The first-order valence-electron chi connectivity index (χ1n) is 14.8. The lowest BCUT2D eigenvalue weighted by Crippen LogP contribution is -2.61. The van der Waals surface area contributed by atoms with Crippen molar-refractivity contribution in [3.8, 4) is 0 Å². The van der Waals surface area contributed by atoms with Gasteiger partial charge in [0.05, 0.1) is 40.3 Å². The average molecular weight is 606 g/mol. The van der Waals surface area contributed by atoms with Gasteiger partial charge in [-0.15, -0.1) is 0 Å². The number of methoxy groups -OCH3 is 1. The van der Waals surface area contributed by atoms with Gasteiger partial charge in [-0.2, -0.15) is 0 Å². The molecule has 1 spiro atoms. The van der Waals surface area contributed by atoms with Gasteiger partial charge in [0.25, 0.3) is 5.91 Å². The van der Waals surface area contributed by atoms with E-state index in [-0.39, 0.29) is 16.3 Å². The van der Waals surface area contributed by atoms with Gasteiger partial charge in [-0.1, -0.05) is 24.4 Å². The van der Waals surface area contributed by atoms with Crippen LogP contribution < -0.4 is 9.80 Å². The summed E-state index contributed by atoms with van der Waals surface area (Å²) in [6.07, 6.45) is 4.18. The zero-order chi connectivity index (χ0) is 30.7. The number of anilines is 3. The summed E-state index contributed by atoms with van der Waals surface area (Å²) in [4.78, 5) is 42.2. The standard InChI is InChI=1S/C33H37ClFN5O3/c1-20-16-27(36-21(2)28(20)31(42)43-5)38-14-15-40(32(3,4)18-38)30(41)25-10-11-26-29(37-25)33(12-6-7-13-33)19-39(26)22-8-9-23(34)24(35)17-22/h8-11,16-17H,6-7,12-15,18-19H2,1-5H3.